The van der Waals surface area contributed by atoms with Gasteiger partial charge < -0.3 is 25.2 Å². The minimum absolute atomic E-state index is 0.0198. The smallest absolute Gasteiger partial charge is 0.319 e. The van der Waals surface area contributed by atoms with Crippen LogP contribution in [0.4, 0.5) is 14.9 Å². The third-order valence-electron chi connectivity index (χ3n) is 8.77. The molecule has 3 aromatic heterocycles. The number of thiophene rings is 1. The van der Waals surface area contributed by atoms with Crippen LogP contribution in [-0.2, 0) is 0 Å². The van der Waals surface area contributed by atoms with Crippen molar-refractivity contribution in [3.63, 3.8) is 0 Å². The van der Waals surface area contributed by atoms with Crippen molar-refractivity contribution in [1.29, 1.82) is 0 Å². The molecule has 2 saturated heterocycles. The Morgan fingerprint density at radius 2 is 1.73 bits per heavy atom. The van der Waals surface area contributed by atoms with Crippen LogP contribution in [0.5, 0.6) is 11.5 Å². The van der Waals surface area contributed by atoms with Crippen molar-refractivity contribution in [1.82, 2.24) is 30.0 Å². The molecule has 1 aromatic carbocycles. The average Bonchev–Trinajstić information content (AvgIpc) is 3.76. The molecule has 234 valence electrons. The predicted octanol–water partition coefficient (Wildman–Crippen LogP) is 5.43. The minimum Gasteiger partial charge on any atom is -0.453 e. The molecule has 5 heterocycles. The van der Waals surface area contributed by atoms with E-state index in [-0.39, 0.29) is 23.7 Å². The van der Waals surface area contributed by atoms with Crippen LogP contribution in [0.1, 0.15) is 36.0 Å². The molecule has 0 spiro atoms. The van der Waals surface area contributed by atoms with E-state index in [2.05, 4.69) is 37.4 Å². The van der Waals surface area contributed by atoms with E-state index in [0.717, 1.165) is 80.2 Å². The number of fused-ring (bicyclic) bond motifs is 1. The van der Waals surface area contributed by atoms with Gasteiger partial charge in [0.15, 0.2) is 11.6 Å². The Balaban J connectivity index is 0.996. The number of carbonyl (C=O) groups excluding carboxylic acids is 2. The Morgan fingerprint density at radius 1 is 0.933 bits per heavy atom. The van der Waals surface area contributed by atoms with Gasteiger partial charge >= 0.3 is 6.03 Å². The van der Waals surface area contributed by atoms with Crippen LogP contribution in [0.25, 0.3) is 20.8 Å². The quantitative estimate of drug-likeness (QED) is 0.281. The second kappa shape index (κ2) is 12.7. The number of amides is 3. The maximum absolute atomic E-state index is 14.9. The lowest BCUT2D eigenvalue weighted by atomic mass is 10.0. The van der Waals surface area contributed by atoms with E-state index in [0.29, 0.717) is 28.6 Å². The number of piperazine rings is 1. The Morgan fingerprint density at radius 3 is 2.44 bits per heavy atom. The number of piperidine rings is 1. The molecule has 0 radical (unpaired) electrons. The number of nitrogens with zero attached hydrogens (tertiary/aromatic N) is 5. The number of benzene rings is 1. The summed E-state index contributed by atoms with van der Waals surface area (Å²) in [7, 11) is 2.17. The van der Waals surface area contributed by atoms with E-state index in [1.807, 2.05) is 23.1 Å². The minimum atomic E-state index is -0.591. The third-order valence-corrected chi connectivity index (χ3v) is 9.93. The number of nitrogens with one attached hydrogen (secondary N) is 2. The first kappa shape index (κ1) is 29.6. The summed E-state index contributed by atoms with van der Waals surface area (Å²) >= 11 is 1.44. The SMILES string of the molecule is CN1CCN(C2CCN(C(=O)c3ccc(-c4cc5nccc(Oc6ccc(NC(=O)NC7CC7)cc6F)c5s4)nc3)CC2)CC1. The van der Waals surface area contributed by atoms with E-state index < -0.39 is 5.82 Å². The molecule has 12 heteroatoms. The van der Waals surface area contributed by atoms with Crippen LogP contribution in [0.2, 0.25) is 0 Å². The van der Waals surface area contributed by atoms with Crippen LogP contribution in [-0.4, -0.2) is 95.0 Å². The molecule has 4 aromatic rings. The zero-order valence-electron chi connectivity index (χ0n) is 25.2. The molecule has 0 unspecified atom stereocenters. The largest absolute Gasteiger partial charge is 0.453 e. The average molecular weight is 630 g/mol. The molecular formula is C33H36FN7O3S. The summed E-state index contributed by atoms with van der Waals surface area (Å²) in [5, 5.41) is 5.47. The first-order chi connectivity index (χ1) is 21.9. The Labute approximate surface area is 265 Å². The molecule has 3 aliphatic rings. The summed E-state index contributed by atoms with van der Waals surface area (Å²) < 4.78 is 21.7. The van der Waals surface area contributed by atoms with Crippen molar-refractivity contribution >= 4 is 39.2 Å². The maximum Gasteiger partial charge on any atom is 0.319 e. The lowest BCUT2D eigenvalue weighted by Gasteiger charge is -2.42. The highest BCUT2D eigenvalue weighted by atomic mass is 32.1. The number of hydrogen-bond acceptors (Lipinski definition) is 8. The molecule has 1 aliphatic carbocycles. The maximum atomic E-state index is 14.9. The van der Waals surface area contributed by atoms with Gasteiger partial charge in [0.05, 0.1) is 26.4 Å². The molecule has 1 saturated carbocycles. The van der Waals surface area contributed by atoms with Crippen molar-refractivity contribution < 1.29 is 18.7 Å². The summed E-state index contributed by atoms with van der Waals surface area (Å²) in [6.07, 6.45) is 7.21. The fourth-order valence-corrected chi connectivity index (χ4v) is 6.99. The van der Waals surface area contributed by atoms with E-state index in [4.69, 9.17) is 4.74 Å². The monoisotopic (exact) mass is 629 g/mol. The molecule has 7 rings (SSSR count). The van der Waals surface area contributed by atoms with Gasteiger partial charge in [0.2, 0.25) is 0 Å². The summed E-state index contributed by atoms with van der Waals surface area (Å²) in [6, 6.07) is 12.1. The highest BCUT2D eigenvalue weighted by Crippen LogP contribution is 2.39. The molecule has 45 heavy (non-hydrogen) atoms. The van der Waals surface area contributed by atoms with Crippen LogP contribution in [0.15, 0.2) is 54.9 Å². The number of urea groups is 1. The van der Waals surface area contributed by atoms with Gasteiger partial charge in [-0.05, 0) is 63.1 Å². The second-order valence-electron chi connectivity index (χ2n) is 12.0. The van der Waals surface area contributed by atoms with Gasteiger partial charge in [0.25, 0.3) is 5.91 Å². The predicted molar refractivity (Wildman–Crippen MR) is 172 cm³/mol. The van der Waals surface area contributed by atoms with Crippen molar-refractivity contribution in [2.45, 2.75) is 37.8 Å². The molecule has 2 aliphatic heterocycles. The summed E-state index contributed by atoms with van der Waals surface area (Å²) in [6.45, 7) is 5.94. The lowest BCUT2D eigenvalue weighted by molar-refractivity contribution is 0.0518. The summed E-state index contributed by atoms with van der Waals surface area (Å²) in [4.78, 5) is 42.1. The number of ether oxygens (including phenoxy) is 1. The zero-order chi connectivity index (χ0) is 30.9. The van der Waals surface area contributed by atoms with E-state index >= 15 is 0 Å². The van der Waals surface area contributed by atoms with E-state index in [1.165, 1.54) is 23.5 Å². The molecule has 2 N–H and O–H groups in total. The Bertz CT molecular complexity index is 1690. The van der Waals surface area contributed by atoms with E-state index in [9.17, 15) is 14.0 Å². The number of aromatic nitrogens is 2. The van der Waals surface area contributed by atoms with Crippen molar-refractivity contribution in [3.8, 4) is 22.1 Å². The van der Waals surface area contributed by atoms with Gasteiger partial charge in [-0.15, -0.1) is 11.3 Å². The number of pyridine rings is 2. The van der Waals surface area contributed by atoms with Gasteiger partial charge in [0, 0.05) is 81.6 Å². The first-order valence-electron chi connectivity index (χ1n) is 15.5. The highest BCUT2D eigenvalue weighted by molar-refractivity contribution is 7.22. The number of rotatable bonds is 7. The first-order valence-corrected chi connectivity index (χ1v) is 16.3. The van der Waals surface area contributed by atoms with Gasteiger partial charge in [-0.2, -0.15) is 0 Å². The standard InChI is InChI=1S/C33H36FN7O3S/c1-39-14-16-40(17-15-39)24-9-12-41(13-10-24)32(42)21-2-6-26(36-20-21)30-19-27-31(45-30)29(8-11-35-27)44-28-7-5-23(18-25(28)34)38-33(43)37-22-3-4-22/h2,5-8,11,18-20,22,24H,3-4,9-10,12-17H2,1H3,(H2,37,38,43). The number of anilines is 1. The third kappa shape index (κ3) is 6.77. The summed E-state index contributed by atoms with van der Waals surface area (Å²) in [5.41, 5.74) is 2.35. The molecule has 0 atom stereocenters. The number of likely N-dealkylation sites (tertiary alicyclic amines) is 1. The van der Waals surface area contributed by atoms with Gasteiger partial charge in [0.1, 0.15) is 5.75 Å². The Kier molecular flexibility index (Phi) is 8.35. The topological polar surface area (TPSA) is 103 Å². The normalized spacial score (nSPS) is 18.2. The fourth-order valence-electron chi connectivity index (χ4n) is 5.95. The number of carbonyl (C=O) groups is 2. The second-order valence-corrected chi connectivity index (χ2v) is 13.1. The number of halogens is 1. The zero-order valence-corrected chi connectivity index (χ0v) is 26.0. The van der Waals surface area contributed by atoms with E-state index in [1.54, 1.807) is 24.5 Å². The van der Waals surface area contributed by atoms with Crippen LogP contribution in [0, 0.1) is 5.82 Å². The van der Waals surface area contributed by atoms with Crippen LogP contribution in [0.3, 0.4) is 0 Å². The van der Waals surface area contributed by atoms with Crippen molar-refractivity contribution in [3.05, 3.63) is 66.2 Å². The number of hydrogen-bond donors (Lipinski definition) is 2. The molecule has 0 bridgehead atoms. The van der Waals surface area contributed by atoms with Gasteiger partial charge in [-0.3, -0.25) is 19.7 Å². The molecule has 3 amide bonds. The fraction of sp³-hybridized carbons (Fsp3) is 0.394. The van der Waals surface area contributed by atoms with Crippen LogP contribution >= 0.6 is 11.3 Å². The van der Waals surface area contributed by atoms with Crippen LogP contribution < -0.4 is 15.4 Å². The number of likely N-dealkylation sites (N-methyl/N-ethyl adjacent to an activating group) is 1. The Hall–Kier alpha value is -4.13. The van der Waals surface area contributed by atoms with Crippen molar-refractivity contribution in [2.75, 3.05) is 51.6 Å². The lowest BCUT2D eigenvalue weighted by Crippen LogP contribution is -2.52. The summed E-state index contributed by atoms with van der Waals surface area (Å²) in [5.74, 6) is -0.0638. The van der Waals surface area contributed by atoms with Gasteiger partial charge in [-0.25, -0.2) is 9.18 Å². The van der Waals surface area contributed by atoms with Crippen molar-refractivity contribution in [2.24, 2.45) is 0 Å². The van der Waals surface area contributed by atoms with Gasteiger partial charge in [-0.1, -0.05) is 0 Å². The highest BCUT2D eigenvalue weighted by Gasteiger charge is 2.29. The molecule has 3 fully saturated rings. The molecular weight excluding hydrogens is 593 g/mol. The molecule has 10 nitrogen and oxygen atoms in total.